The molecule has 4 N–H and O–H groups in total. The lowest BCUT2D eigenvalue weighted by Crippen LogP contribution is -2.43. The van der Waals surface area contributed by atoms with Crippen molar-refractivity contribution in [3.05, 3.63) is 78.5 Å². The van der Waals surface area contributed by atoms with E-state index < -0.39 is 0 Å². The topological polar surface area (TPSA) is 113 Å². The van der Waals surface area contributed by atoms with Crippen molar-refractivity contribution in [2.75, 3.05) is 18.0 Å². The first kappa shape index (κ1) is 24.9. The summed E-state index contributed by atoms with van der Waals surface area (Å²) in [5.41, 5.74) is 12.8. The number of anilines is 1. The standard InChI is InChI=1S/C29H30N4O.CH2O2/c30-29(14-4-15-29)22-9-7-21(8-10-22)27-24(20-5-2-1-3-6-20)19-25-26(32-27)11-16-31-28(25)33-17-12-23(34)13-18-33;2-1-3/h1-3,5-11,16,19,23,34H,4,12-15,17-18,30H2;1H,(H,2,3). The second kappa shape index (κ2) is 10.7. The van der Waals surface area contributed by atoms with Gasteiger partial charge in [-0.15, -0.1) is 0 Å². The fourth-order valence-electron chi connectivity index (χ4n) is 5.28. The van der Waals surface area contributed by atoms with Gasteiger partial charge in [-0.3, -0.25) is 4.79 Å². The van der Waals surface area contributed by atoms with Crippen LogP contribution < -0.4 is 10.6 Å². The Labute approximate surface area is 216 Å². The molecule has 1 aliphatic carbocycles. The molecule has 0 spiro atoms. The van der Waals surface area contributed by atoms with E-state index >= 15 is 0 Å². The number of aliphatic hydroxyl groups excluding tert-OH is 1. The van der Waals surface area contributed by atoms with Crippen molar-refractivity contribution in [3.63, 3.8) is 0 Å². The molecular formula is C30H32N4O3. The molecule has 4 aromatic rings. The van der Waals surface area contributed by atoms with E-state index in [-0.39, 0.29) is 18.1 Å². The van der Waals surface area contributed by atoms with Gasteiger partial charge in [-0.1, -0.05) is 54.6 Å². The van der Waals surface area contributed by atoms with E-state index in [1.54, 1.807) is 0 Å². The number of aromatic nitrogens is 2. The molecule has 3 heterocycles. The summed E-state index contributed by atoms with van der Waals surface area (Å²) in [4.78, 5) is 20.5. The first-order valence-electron chi connectivity index (χ1n) is 12.8. The largest absolute Gasteiger partial charge is 0.483 e. The predicted octanol–water partition coefficient (Wildman–Crippen LogP) is 4.96. The van der Waals surface area contributed by atoms with E-state index in [0.717, 1.165) is 77.9 Å². The zero-order valence-electron chi connectivity index (χ0n) is 20.8. The summed E-state index contributed by atoms with van der Waals surface area (Å²) in [5.74, 6) is 0.950. The number of fused-ring (bicyclic) bond motifs is 1. The monoisotopic (exact) mass is 496 g/mol. The lowest BCUT2D eigenvalue weighted by atomic mass is 9.72. The summed E-state index contributed by atoms with van der Waals surface area (Å²) in [5, 5.41) is 17.9. The highest BCUT2D eigenvalue weighted by molar-refractivity contribution is 5.97. The summed E-state index contributed by atoms with van der Waals surface area (Å²) >= 11 is 0. The Morgan fingerprint density at radius 1 is 0.973 bits per heavy atom. The third-order valence-electron chi connectivity index (χ3n) is 7.55. The molecule has 1 saturated carbocycles. The Kier molecular flexibility index (Phi) is 7.17. The molecule has 1 saturated heterocycles. The number of nitrogens with zero attached hydrogens (tertiary/aromatic N) is 3. The van der Waals surface area contributed by atoms with Crippen LogP contribution in [0.4, 0.5) is 5.82 Å². The van der Waals surface area contributed by atoms with Crippen LogP contribution in [0.2, 0.25) is 0 Å². The zero-order valence-corrected chi connectivity index (χ0v) is 20.8. The molecular weight excluding hydrogens is 464 g/mol. The highest BCUT2D eigenvalue weighted by Crippen LogP contribution is 2.40. The molecule has 1 aliphatic heterocycles. The second-order valence-electron chi connectivity index (χ2n) is 9.86. The lowest BCUT2D eigenvalue weighted by molar-refractivity contribution is -0.122. The van der Waals surface area contributed by atoms with Crippen LogP contribution >= 0.6 is 0 Å². The van der Waals surface area contributed by atoms with E-state index in [0.29, 0.717) is 0 Å². The number of hydrogen-bond donors (Lipinski definition) is 3. The van der Waals surface area contributed by atoms with Gasteiger partial charge in [0.2, 0.25) is 0 Å². The van der Waals surface area contributed by atoms with E-state index in [1.807, 2.05) is 18.3 Å². The average molecular weight is 497 g/mol. The van der Waals surface area contributed by atoms with E-state index in [1.165, 1.54) is 12.0 Å². The van der Waals surface area contributed by atoms with Gasteiger partial charge in [0, 0.05) is 41.3 Å². The molecule has 7 heteroatoms. The minimum atomic E-state index is -0.250. The maximum atomic E-state index is 9.96. The van der Waals surface area contributed by atoms with Crippen LogP contribution in [0.5, 0.6) is 0 Å². The van der Waals surface area contributed by atoms with Gasteiger partial charge < -0.3 is 20.8 Å². The van der Waals surface area contributed by atoms with Gasteiger partial charge in [-0.25, -0.2) is 9.97 Å². The Hall–Kier alpha value is -3.81. The van der Waals surface area contributed by atoms with Crippen LogP contribution in [0.25, 0.3) is 33.3 Å². The third-order valence-corrected chi connectivity index (χ3v) is 7.55. The molecule has 37 heavy (non-hydrogen) atoms. The summed E-state index contributed by atoms with van der Waals surface area (Å²) in [6.07, 6.45) is 6.48. The van der Waals surface area contributed by atoms with E-state index in [2.05, 4.69) is 59.5 Å². The van der Waals surface area contributed by atoms with Crippen LogP contribution in [-0.2, 0) is 10.3 Å². The quantitative estimate of drug-likeness (QED) is 0.342. The normalized spacial score (nSPS) is 17.0. The van der Waals surface area contributed by atoms with Crippen molar-refractivity contribution in [3.8, 4) is 22.4 Å². The summed E-state index contributed by atoms with van der Waals surface area (Å²) in [6, 6.07) is 23.4. The predicted molar refractivity (Wildman–Crippen MR) is 146 cm³/mol. The lowest BCUT2D eigenvalue weighted by Gasteiger charge is -2.38. The summed E-state index contributed by atoms with van der Waals surface area (Å²) < 4.78 is 0. The zero-order chi connectivity index (χ0) is 25.8. The number of carbonyl (C=O) groups is 1. The number of aliphatic hydroxyl groups is 1. The molecule has 190 valence electrons. The Morgan fingerprint density at radius 3 is 2.27 bits per heavy atom. The molecule has 0 bridgehead atoms. The number of piperidine rings is 1. The van der Waals surface area contributed by atoms with Crippen molar-refractivity contribution >= 4 is 23.2 Å². The maximum Gasteiger partial charge on any atom is 0.290 e. The molecule has 0 unspecified atom stereocenters. The van der Waals surface area contributed by atoms with E-state index in [9.17, 15) is 5.11 Å². The number of rotatable bonds is 4. The Balaban J connectivity index is 0.000000892. The summed E-state index contributed by atoms with van der Waals surface area (Å²) in [6.45, 7) is 1.36. The molecule has 0 radical (unpaired) electrons. The minimum absolute atomic E-state index is 0.166. The van der Waals surface area contributed by atoms with Gasteiger partial charge in [-0.05, 0) is 55.4 Å². The van der Waals surface area contributed by atoms with Gasteiger partial charge in [0.05, 0.1) is 17.3 Å². The molecule has 2 fully saturated rings. The SMILES string of the molecule is NC1(c2ccc(-c3nc4ccnc(N5CCC(O)CC5)c4cc3-c3ccccc3)cc2)CCC1.O=CO. The second-order valence-corrected chi connectivity index (χ2v) is 9.86. The van der Waals surface area contributed by atoms with Crippen LogP contribution in [0, 0.1) is 0 Å². The van der Waals surface area contributed by atoms with Crippen molar-refractivity contribution in [2.45, 2.75) is 43.7 Å². The van der Waals surface area contributed by atoms with Gasteiger partial charge in [0.1, 0.15) is 5.82 Å². The number of nitrogens with two attached hydrogens (primary N) is 1. The van der Waals surface area contributed by atoms with E-state index in [4.69, 9.17) is 25.6 Å². The van der Waals surface area contributed by atoms with Gasteiger partial charge >= 0.3 is 0 Å². The fraction of sp³-hybridized carbons (Fsp3) is 0.300. The molecule has 2 aromatic heterocycles. The number of carboxylic acid groups (broad SMARTS) is 1. The molecule has 0 atom stereocenters. The molecule has 7 nitrogen and oxygen atoms in total. The van der Waals surface area contributed by atoms with Crippen molar-refractivity contribution in [2.24, 2.45) is 5.73 Å². The molecule has 6 rings (SSSR count). The van der Waals surface area contributed by atoms with Gasteiger partial charge in [0.15, 0.2) is 0 Å². The minimum Gasteiger partial charge on any atom is -0.483 e. The maximum absolute atomic E-state index is 9.96. The fourth-order valence-corrected chi connectivity index (χ4v) is 5.28. The average Bonchev–Trinajstić information content (AvgIpc) is 2.92. The Morgan fingerprint density at radius 2 is 1.65 bits per heavy atom. The van der Waals surface area contributed by atoms with Crippen molar-refractivity contribution in [1.82, 2.24) is 9.97 Å². The molecule has 0 amide bonds. The highest BCUT2D eigenvalue weighted by Gasteiger charge is 2.34. The van der Waals surface area contributed by atoms with Crippen molar-refractivity contribution < 1.29 is 15.0 Å². The third kappa shape index (κ3) is 5.05. The molecule has 2 aromatic carbocycles. The van der Waals surface area contributed by atoms with Crippen LogP contribution in [-0.4, -0.2) is 45.8 Å². The highest BCUT2D eigenvalue weighted by atomic mass is 16.3. The van der Waals surface area contributed by atoms with Crippen LogP contribution in [0.3, 0.4) is 0 Å². The van der Waals surface area contributed by atoms with Gasteiger partial charge in [0.25, 0.3) is 6.47 Å². The van der Waals surface area contributed by atoms with Crippen molar-refractivity contribution in [1.29, 1.82) is 0 Å². The smallest absolute Gasteiger partial charge is 0.290 e. The number of hydrogen-bond acceptors (Lipinski definition) is 6. The summed E-state index contributed by atoms with van der Waals surface area (Å²) in [7, 11) is 0. The first-order chi connectivity index (χ1) is 18.0. The van der Waals surface area contributed by atoms with Crippen LogP contribution in [0.1, 0.15) is 37.7 Å². The first-order valence-corrected chi connectivity index (χ1v) is 12.8. The molecule has 2 aliphatic rings. The number of pyridine rings is 2. The Bertz CT molecular complexity index is 1360. The van der Waals surface area contributed by atoms with Crippen LogP contribution in [0.15, 0.2) is 72.9 Å². The van der Waals surface area contributed by atoms with Gasteiger partial charge in [-0.2, -0.15) is 0 Å². The number of benzene rings is 2.